The SMILES string of the molecule is C=C(C)CCC(C)C1CCC2C3CCCCCCCC(C)(C)C3CCC12C. The Bertz CT molecular complexity index is 500. The molecule has 27 heavy (non-hydrogen) atoms. The van der Waals surface area contributed by atoms with Crippen LogP contribution in [0.15, 0.2) is 12.2 Å². The fourth-order valence-electron chi connectivity index (χ4n) is 7.99. The minimum Gasteiger partial charge on any atom is -0.100 e. The van der Waals surface area contributed by atoms with Gasteiger partial charge in [0.15, 0.2) is 0 Å². The molecule has 3 rings (SSSR count). The topological polar surface area (TPSA) is 0 Å². The lowest BCUT2D eigenvalue weighted by Crippen LogP contribution is -2.46. The molecule has 0 aromatic carbocycles. The van der Waals surface area contributed by atoms with E-state index in [9.17, 15) is 0 Å². The summed E-state index contributed by atoms with van der Waals surface area (Å²) in [7, 11) is 0. The number of hydrogen-bond acceptors (Lipinski definition) is 0. The molecule has 3 aliphatic carbocycles. The summed E-state index contributed by atoms with van der Waals surface area (Å²) < 4.78 is 0. The predicted molar refractivity (Wildman–Crippen MR) is 120 cm³/mol. The van der Waals surface area contributed by atoms with Crippen LogP contribution in [0.5, 0.6) is 0 Å². The minimum atomic E-state index is 0.562. The van der Waals surface area contributed by atoms with E-state index >= 15 is 0 Å². The van der Waals surface area contributed by atoms with Gasteiger partial charge in [0.25, 0.3) is 0 Å². The summed E-state index contributed by atoms with van der Waals surface area (Å²) in [4.78, 5) is 0. The van der Waals surface area contributed by atoms with Crippen molar-refractivity contribution in [3.05, 3.63) is 12.2 Å². The van der Waals surface area contributed by atoms with E-state index in [0.717, 1.165) is 29.6 Å². The van der Waals surface area contributed by atoms with E-state index in [2.05, 4.69) is 41.2 Å². The van der Waals surface area contributed by atoms with E-state index in [1.54, 1.807) is 0 Å². The minimum absolute atomic E-state index is 0.562. The summed E-state index contributed by atoms with van der Waals surface area (Å²) >= 11 is 0. The molecule has 0 saturated heterocycles. The third-order valence-electron chi connectivity index (χ3n) is 9.59. The lowest BCUT2D eigenvalue weighted by Gasteiger charge is -2.54. The molecule has 0 N–H and O–H groups in total. The van der Waals surface area contributed by atoms with Crippen LogP contribution in [0, 0.1) is 40.4 Å². The summed E-state index contributed by atoms with van der Waals surface area (Å²) in [6.45, 7) is 16.9. The molecule has 6 unspecified atom stereocenters. The Morgan fingerprint density at radius 3 is 2.33 bits per heavy atom. The van der Waals surface area contributed by atoms with Crippen LogP contribution in [0.1, 0.15) is 118 Å². The lowest BCUT2D eigenvalue weighted by molar-refractivity contribution is -0.0512. The first-order valence-corrected chi connectivity index (χ1v) is 12.4. The maximum Gasteiger partial charge on any atom is -0.0264 e. The zero-order valence-electron chi connectivity index (χ0n) is 19.3. The highest BCUT2D eigenvalue weighted by atomic mass is 14.6. The van der Waals surface area contributed by atoms with Gasteiger partial charge in [-0.25, -0.2) is 0 Å². The van der Waals surface area contributed by atoms with Gasteiger partial charge in [0.2, 0.25) is 0 Å². The number of allylic oxidation sites excluding steroid dienone is 1. The highest BCUT2D eigenvalue weighted by molar-refractivity contribution is 5.05. The highest BCUT2D eigenvalue weighted by Crippen LogP contribution is 2.64. The van der Waals surface area contributed by atoms with Gasteiger partial charge in [-0.3, -0.25) is 0 Å². The van der Waals surface area contributed by atoms with Crippen molar-refractivity contribution in [1.82, 2.24) is 0 Å². The van der Waals surface area contributed by atoms with Crippen molar-refractivity contribution in [3.63, 3.8) is 0 Å². The van der Waals surface area contributed by atoms with E-state index in [4.69, 9.17) is 0 Å². The van der Waals surface area contributed by atoms with Gasteiger partial charge in [-0.2, -0.15) is 0 Å². The first-order chi connectivity index (χ1) is 12.8. The zero-order valence-corrected chi connectivity index (χ0v) is 19.3. The largest absolute Gasteiger partial charge is 0.100 e. The first kappa shape index (κ1) is 21.4. The summed E-state index contributed by atoms with van der Waals surface area (Å²) in [5.41, 5.74) is 2.56. The van der Waals surface area contributed by atoms with Gasteiger partial charge in [-0.05, 0) is 98.7 Å². The maximum atomic E-state index is 4.16. The van der Waals surface area contributed by atoms with Gasteiger partial charge in [0, 0.05) is 0 Å². The smallest absolute Gasteiger partial charge is 0.0264 e. The van der Waals surface area contributed by atoms with Crippen LogP contribution in [-0.4, -0.2) is 0 Å². The van der Waals surface area contributed by atoms with Crippen LogP contribution in [-0.2, 0) is 0 Å². The Morgan fingerprint density at radius 1 is 0.889 bits per heavy atom. The van der Waals surface area contributed by atoms with Crippen LogP contribution in [0.4, 0.5) is 0 Å². The van der Waals surface area contributed by atoms with Gasteiger partial charge in [0.1, 0.15) is 0 Å². The highest BCUT2D eigenvalue weighted by Gasteiger charge is 2.56. The van der Waals surface area contributed by atoms with Crippen LogP contribution in [0.3, 0.4) is 0 Å². The molecule has 3 saturated carbocycles. The molecular formula is C27H48. The molecule has 156 valence electrons. The van der Waals surface area contributed by atoms with Gasteiger partial charge >= 0.3 is 0 Å². The van der Waals surface area contributed by atoms with E-state index in [0.29, 0.717) is 10.8 Å². The maximum absolute atomic E-state index is 4.16. The molecule has 0 bridgehead atoms. The predicted octanol–water partition coefficient (Wildman–Crippen LogP) is 8.81. The second-order valence-electron chi connectivity index (χ2n) is 11.9. The van der Waals surface area contributed by atoms with Crippen molar-refractivity contribution in [2.45, 2.75) is 118 Å². The molecular weight excluding hydrogens is 324 g/mol. The Labute approximate surface area is 171 Å². The molecule has 0 heterocycles. The molecule has 0 aromatic rings. The number of fused-ring (bicyclic) bond motifs is 3. The molecule has 0 radical (unpaired) electrons. The van der Waals surface area contributed by atoms with E-state index < -0.39 is 0 Å². The molecule has 0 aliphatic heterocycles. The zero-order chi connectivity index (χ0) is 19.7. The average molecular weight is 373 g/mol. The fraction of sp³-hybridized carbons (Fsp3) is 0.926. The number of rotatable bonds is 4. The standard InChI is InChI=1S/C27H48/c1-20(2)13-14-21(3)23-15-16-25-22-12-10-8-7-9-11-18-26(4,5)24(22)17-19-27(23,25)6/h21-25H,1,7-19H2,2-6H3. The van der Waals surface area contributed by atoms with Gasteiger partial charge in [-0.1, -0.05) is 65.4 Å². The second kappa shape index (κ2) is 8.62. The Kier molecular flexibility index (Phi) is 6.85. The Balaban J connectivity index is 1.78. The molecule has 0 heteroatoms. The van der Waals surface area contributed by atoms with E-state index in [1.165, 1.54) is 89.0 Å². The van der Waals surface area contributed by atoms with Crippen LogP contribution < -0.4 is 0 Å². The van der Waals surface area contributed by atoms with Crippen LogP contribution in [0.25, 0.3) is 0 Å². The van der Waals surface area contributed by atoms with Crippen molar-refractivity contribution in [2.24, 2.45) is 40.4 Å². The van der Waals surface area contributed by atoms with Crippen molar-refractivity contribution in [1.29, 1.82) is 0 Å². The quantitative estimate of drug-likeness (QED) is 0.432. The van der Waals surface area contributed by atoms with Crippen molar-refractivity contribution in [2.75, 3.05) is 0 Å². The molecule has 0 nitrogen and oxygen atoms in total. The first-order valence-electron chi connectivity index (χ1n) is 12.4. The molecule has 6 atom stereocenters. The normalized spacial score (nSPS) is 40.6. The molecule has 3 aliphatic rings. The van der Waals surface area contributed by atoms with Crippen LogP contribution >= 0.6 is 0 Å². The lowest BCUT2D eigenvalue weighted by atomic mass is 9.51. The molecule has 3 fully saturated rings. The van der Waals surface area contributed by atoms with Crippen molar-refractivity contribution in [3.8, 4) is 0 Å². The second-order valence-corrected chi connectivity index (χ2v) is 11.9. The van der Waals surface area contributed by atoms with Crippen molar-refractivity contribution < 1.29 is 0 Å². The van der Waals surface area contributed by atoms with Gasteiger partial charge in [-0.15, -0.1) is 6.58 Å². The van der Waals surface area contributed by atoms with Gasteiger partial charge < -0.3 is 0 Å². The van der Waals surface area contributed by atoms with Crippen molar-refractivity contribution >= 4 is 0 Å². The molecule has 0 aromatic heterocycles. The molecule has 0 amide bonds. The third-order valence-corrected chi connectivity index (χ3v) is 9.59. The van der Waals surface area contributed by atoms with Crippen LogP contribution in [0.2, 0.25) is 0 Å². The number of hydrogen-bond donors (Lipinski definition) is 0. The van der Waals surface area contributed by atoms with Gasteiger partial charge in [0.05, 0.1) is 0 Å². The fourth-order valence-corrected chi connectivity index (χ4v) is 7.99. The van der Waals surface area contributed by atoms with E-state index in [1.807, 2.05) is 0 Å². The Hall–Kier alpha value is -0.260. The molecule has 0 spiro atoms. The monoisotopic (exact) mass is 372 g/mol. The summed E-state index contributed by atoms with van der Waals surface area (Å²) in [6.07, 6.45) is 19.1. The average Bonchev–Trinajstić information content (AvgIpc) is 2.95. The summed E-state index contributed by atoms with van der Waals surface area (Å²) in [6, 6.07) is 0. The van der Waals surface area contributed by atoms with E-state index in [-0.39, 0.29) is 0 Å². The summed E-state index contributed by atoms with van der Waals surface area (Å²) in [5, 5.41) is 0. The summed E-state index contributed by atoms with van der Waals surface area (Å²) in [5.74, 6) is 4.84. The third kappa shape index (κ3) is 4.51. The Morgan fingerprint density at radius 2 is 1.59 bits per heavy atom.